The van der Waals surface area contributed by atoms with Crippen LogP contribution in [0.1, 0.15) is 12.8 Å². The smallest absolute Gasteiger partial charge is 0.200 e. The third kappa shape index (κ3) is 3.91. The summed E-state index contributed by atoms with van der Waals surface area (Å²) in [5.74, 6) is 1.60. The number of nitrogens with one attached hydrogen (secondary N) is 2. The number of guanidine groups is 1. The third-order valence-corrected chi connectivity index (χ3v) is 5.79. The highest BCUT2D eigenvalue weighted by Gasteiger charge is 2.23. The van der Waals surface area contributed by atoms with Crippen molar-refractivity contribution in [1.29, 1.82) is 5.41 Å². The summed E-state index contributed by atoms with van der Waals surface area (Å²) in [6.07, 6.45) is 6.55. The fourth-order valence-electron chi connectivity index (χ4n) is 2.43. The molecule has 3 nitrogen and oxygen atoms in total. The molecule has 2 aliphatic rings. The first-order chi connectivity index (χ1) is 10.1. The van der Waals surface area contributed by atoms with E-state index in [1.165, 1.54) is 22.8 Å². The maximum atomic E-state index is 8.41. The van der Waals surface area contributed by atoms with Crippen LogP contribution in [0.5, 0.6) is 0 Å². The Labute approximate surface area is 157 Å². The van der Waals surface area contributed by atoms with E-state index in [0.29, 0.717) is 5.96 Å². The van der Waals surface area contributed by atoms with E-state index in [4.69, 9.17) is 5.41 Å². The molecule has 7 heteroatoms. The summed E-state index contributed by atoms with van der Waals surface area (Å²) >= 11 is 8.88. The van der Waals surface area contributed by atoms with Crippen molar-refractivity contribution >= 4 is 67.7 Å². The van der Waals surface area contributed by atoms with Crippen LogP contribution < -0.4 is 5.32 Å². The van der Waals surface area contributed by atoms with E-state index in [2.05, 4.69) is 54.2 Å². The van der Waals surface area contributed by atoms with Crippen molar-refractivity contribution in [2.75, 3.05) is 17.6 Å². The minimum Gasteiger partial charge on any atom is -0.325 e. The number of rotatable bonds is 1. The van der Waals surface area contributed by atoms with Gasteiger partial charge in [0, 0.05) is 26.1 Å². The molecule has 0 spiro atoms. The van der Waals surface area contributed by atoms with Crippen LogP contribution in [-0.4, -0.2) is 23.2 Å². The molecule has 0 bridgehead atoms. The van der Waals surface area contributed by atoms with Crippen LogP contribution in [0, 0.1) is 5.41 Å². The first-order valence-corrected chi connectivity index (χ1v) is 9.33. The van der Waals surface area contributed by atoms with Gasteiger partial charge in [-0.3, -0.25) is 5.41 Å². The summed E-state index contributed by atoms with van der Waals surface area (Å²) in [7, 11) is 0. The van der Waals surface area contributed by atoms with Gasteiger partial charge < -0.3 is 10.2 Å². The van der Waals surface area contributed by atoms with E-state index in [1.807, 2.05) is 30.0 Å². The standard InChI is InChI=1S/C15H15Br2N3S.ClH/c16-10-5-6-11(17)12(9-10)19-15(18)20-7-1-4-14-13(20)3-2-8-21-14;/h1,4-6,9H,2-3,7-8H2,(H2,18,19);1H. The van der Waals surface area contributed by atoms with Gasteiger partial charge in [-0.05, 0) is 58.8 Å². The van der Waals surface area contributed by atoms with Crippen molar-refractivity contribution in [3.8, 4) is 0 Å². The second-order valence-corrected chi connectivity index (χ2v) is 7.78. The van der Waals surface area contributed by atoms with Crippen molar-refractivity contribution in [2.24, 2.45) is 0 Å². The van der Waals surface area contributed by atoms with E-state index in [1.54, 1.807) is 0 Å². The number of benzene rings is 1. The first kappa shape index (κ1) is 17.9. The minimum atomic E-state index is 0. The van der Waals surface area contributed by atoms with Gasteiger partial charge in [-0.15, -0.1) is 24.2 Å². The number of anilines is 1. The Morgan fingerprint density at radius 1 is 1.32 bits per heavy atom. The molecule has 0 saturated carbocycles. The Balaban J connectivity index is 0.00000176. The van der Waals surface area contributed by atoms with Crippen molar-refractivity contribution < 1.29 is 0 Å². The lowest BCUT2D eigenvalue weighted by atomic mass is 10.1. The Kier molecular flexibility index (Phi) is 6.44. The number of thioether (sulfide) groups is 1. The number of hydrogen-bond acceptors (Lipinski definition) is 2. The lowest BCUT2D eigenvalue weighted by Gasteiger charge is -2.33. The van der Waals surface area contributed by atoms with Crippen molar-refractivity contribution in [2.45, 2.75) is 12.8 Å². The molecular formula is C15H16Br2ClN3S. The maximum absolute atomic E-state index is 8.41. The summed E-state index contributed by atoms with van der Waals surface area (Å²) in [6, 6.07) is 5.92. The normalized spacial score (nSPS) is 16.9. The van der Waals surface area contributed by atoms with Gasteiger partial charge in [0.1, 0.15) is 0 Å². The zero-order valence-electron chi connectivity index (χ0n) is 11.7. The van der Waals surface area contributed by atoms with Crippen LogP contribution in [-0.2, 0) is 0 Å². The van der Waals surface area contributed by atoms with Crippen LogP contribution in [0.25, 0.3) is 0 Å². The van der Waals surface area contributed by atoms with E-state index < -0.39 is 0 Å². The lowest BCUT2D eigenvalue weighted by Crippen LogP contribution is -2.37. The maximum Gasteiger partial charge on any atom is 0.200 e. The van der Waals surface area contributed by atoms with Gasteiger partial charge in [-0.1, -0.05) is 22.0 Å². The molecular weight excluding hydrogens is 450 g/mol. The van der Waals surface area contributed by atoms with Gasteiger partial charge in [-0.25, -0.2) is 0 Å². The van der Waals surface area contributed by atoms with Crippen LogP contribution in [0.4, 0.5) is 5.69 Å². The molecule has 0 amide bonds. The molecule has 0 unspecified atom stereocenters. The topological polar surface area (TPSA) is 39.1 Å². The molecule has 0 aromatic heterocycles. The fourth-order valence-corrected chi connectivity index (χ4v) is 4.22. The van der Waals surface area contributed by atoms with E-state index in [-0.39, 0.29) is 12.4 Å². The zero-order chi connectivity index (χ0) is 14.8. The van der Waals surface area contributed by atoms with Crippen LogP contribution in [0.2, 0.25) is 0 Å². The van der Waals surface area contributed by atoms with Crippen LogP contribution in [0.15, 0.2) is 49.9 Å². The molecule has 0 saturated heterocycles. The predicted molar refractivity (Wildman–Crippen MR) is 105 cm³/mol. The molecule has 2 aliphatic heterocycles. The lowest BCUT2D eigenvalue weighted by molar-refractivity contribution is 0.521. The van der Waals surface area contributed by atoms with E-state index in [0.717, 1.165) is 27.6 Å². The summed E-state index contributed by atoms with van der Waals surface area (Å²) in [5, 5.41) is 11.6. The zero-order valence-corrected chi connectivity index (χ0v) is 16.5. The number of hydrogen-bond donors (Lipinski definition) is 2. The SMILES string of the molecule is Cl.N=C(Nc1cc(Br)ccc1Br)N1CC=CC2=C1CCCS2. The van der Waals surface area contributed by atoms with Gasteiger partial charge in [0.15, 0.2) is 5.96 Å². The van der Waals surface area contributed by atoms with E-state index in [9.17, 15) is 0 Å². The third-order valence-electron chi connectivity index (χ3n) is 3.43. The highest BCUT2D eigenvalue weighted by atomic mass is 79.9. The fraction of sp³-hybridized carbons (Fsp3) is 0.267. The van der Waals surface area contributed by atoms with Gasteiger partial charge in [0.2, 0.25) is 0 Å². The molecule has 1 aromatic rings. The monoisotopic (exact) mass is 463 g/mol. The van der Waals surface area contributed by atoms with E-state index >= 15 is 0 Å². The minimum absolute atomic E-state index is 0. The predicted octanol–water partition coefficient (Wildman–Crippen LogP) is 5.59. The summed E-state index contributed by atoms with van der Waals surface area (Å²) in [4.78, 5) is 3.38. The summed E-state index contributed by atoms with van der Waals surface area (Å²) in [6.45, 7) is 0.761. The number of nitrogens with zero attached hydrogens (tertiary/aromatic N) is 1. The quantitative estimate of drug-likeness (QED) is 0.419. The van der Waals surface area contributed by atoms with Crippen molar-refractivity contribution in [1.82, 2.24) is 4.90 Å². The molecule has 2 N–H and O–H groups in total. The average Bonchev–Trinajstić information content (AvgIpc) is 2.50. The molecule has 2 heterocycles. The second kappa shape index (κ2) is 7.90. The Morgan fingerprint density at radius 3 is 2.95 bits per heavy atom. The number of halogens is 3. The molecule has 3 rings (SSSR count). The molecule has 118 valence electrons. The van der Waals surface area contributed by atoms with Gasteiger partial charge in [0.05, 0.1) is 5.69 Å². The largest absolute Gasteiger partial charge is 0.325 e. The average molecular weight is 466 g/mol. The Hall–Kier alpha value is -0.430. The van der Waals surface area contributed by atoms with Crippen molar-refractivity contribution in [3.05, 3.63) is 49.9 Å². The van der Waals surface area contributed by atoms with Gasteiger partial charge in [0.25, 0.3) is 0 Å². The highest BCUT2D eigenvalue weighted by Crippen LogP contribution is 2.35. The molecule has 22 heavy (non-hydrogen) atoms. The Bertz CT molecular complexity index is 646. The molecule has 0 atom stereocenters. The molecule has 1 aromatic carbocycles. The second-order valence-electron chi connectivity index (χ2n) is 4.87. The summed E-state index contributed by atoms with van der Waals surface area (Å²) in [5.41, 5.74) is 2.17. The van der Waals surface area contributed by atoms with Crippen LogP contribution in [0.3, 0.4) is 0 Å². The number of allylic oxidation sites excluding steroid dienone is 2. The summed E-state index contributed by atoms with van der Waals surface area (Å²) < 4.78 is 1.95. The molecule has 0 fully saturated rings. The van der Waals surface area contributed by atoms with Crippen molar-refractivity contribution in [3.63, 3.8) is 0 Å². The molecule has 0 aliphatic carbocycles. The van der Waals surface area contributed by atoms with Gasteiger partial charge in [-0.2, -0.15) is 0 Å². The molecule has 0 radical (unpaired) electrons. The highest BCUT2D eigenvalue weighted by molar-refractivity contribution is 9.11. The van der Waals surface area contributed by atoms with Gasteiger partial charge >= 0.3 is 0 Å². The van der Waals surface area contributed by atoms with Crippen LogP contribution >= 0.6 is 56.0 Å². The first-order valence-electron chi connectivity index (χ1n) is 6.76. The Morgan fingerprint density at radius 2 is 2.14 bits per heavy atom.